The van der Waals surface area contributed by atoms with Crippen molar-refractivity contribution in [2.75, 3.05) is 19.1 Å². The predicted molar refractivity (Wildman–Crippen MR) is 41.1 cm³/mol. The summed E-state index contributed by atoms with van der Waals surface area (Å²) in [4.78, 5) is 0. The number of halogens is 1. The molecule has 56 valence electrons. The molecule has 0 aliphatic heterocycles. The number of hydrogen-bond donors (Lipinski definition) is 0. The van der Waals surface area contributed by atoms with Crippen LogP contribution in [0.15, 0.2) is 0 Å². The first-order valence-electron chi connectivity index (χ1n) is 3.55. The maximum absolute atomic E-state index is 5.47. The van der Waals surface area contributed by atoms with E-state index >= 15 is 0 Å². The van der Waals surface area contributed by atoms with Crippen LogP contribution >= 0.6 is 11.6 Å². The zero-order chi connectivity index (χ0) is 6.95. The highest BCUT2D eigenvalue weighted by Gasteiger charge is 1.86. The molecular formula is C7H15ClO. The first-order valence-corrected chi connectivity index (χ1v) is 4.09. The van der Waals surface area contributed by atoms with Gasteiger partial charge >= 0.3 is 0 Å². The second-order valence-electron chi connectivity index (χ2n) is 1.95. The molecule has 0 radical (unpaired) electrons. The molecule has 0 saturated carbocycles. The van der Waals surface area contributed by atoms with Gasteiger partial charge in [0.15, 0.2) is 0 Å². The average Bonchev–Trinajstić information content (AvgIpc) is 1.89. The van der Waals surface area contributed by atoms with Gasteiger partial charge in [-0.1, -0.05) is 0 Å². The largest absolute Gasteiger partial charge is 0.382 e. The predicted octanol–water partition coefficient (Wildman–Crippen LogP) is 2.43. The Labute approximate surface area is 62.3 Å². The molecule has 0 amide bonds. The highest BCUT2D eigenvalue weighted by Crippen LogP contribution is 1.96. The van der Waals surface area contributed by atoms with E-state index < -0.39 is 0 Å². The Balaban J connectivity index is 2.60. The van der Waals surface area contributed by atoms with Crippen molar-refractivity contribution >= 4 is 11.6 Å². The second-order valence-corrected chi connectivity index (χ2v) is 2.32. The lowest BCUT2D eigenvalue weighted by Gasteiger charge is -1.97. The summed E-state index contributed by atoms with van der Waals surface area (Å²) in [6.45, 7) is 3.75. The topological polar surface area (TPSA) is 9.23 Å². The summed E-state index contributed by atoms with van der Waals surface area (Å²) in [6, 6.07) is 0. The van der Waals surface area contributed by atoms with Gasteiger partial charge in [0.2, 0.25) is 0 Å². The Hall–Kier alpha value is 0.250. The summed E-state index contributed by atoms with van der Waals surface area (Å²) in [5.41, 5.74) is 0. The SMILES string of the molecule is CCOCCCCCCl. The molecule has 0 aromatic heterocycles. The molecule has 0 aromatic rings. The molecule has 0 fully saturated rings. The van der Waals surface area contributed by atoms with Gasteiger partial charge < -0.3 is 4.74 Å². The smallest absolute Gasteiger partial charge is 0.0465 e. The third-order valence-electron chi connectivity index (χ3n) is 1.13. The second kappa shape index (κ2) is 8.25. The van der Waals surface area contributed by atoms with Gasteiger partial charge in [0.05, 0.1) is 0 Å². The molecule has 9 heavy (non-hydrogen) atoms. The molecule has 0 saturated heterocycles. The zero-order valence-corrected chi connectivity index (χ0v) is 6.78. The van der Waals surface area contributed by atoms with E-state index in [9.17, 15) is 0 Å². The third-order valence-corrected chi connectivity index (χ3v) is 1.39. The number of unbranched alkanes of at least 4 members (excludes halogenated alkanes) is 2. The Morgan fingerprint density at radius 3 is 2.56 bits per heavy atom. The zero-order valence-electron chi connectivity index (χ0n) is 6.03. The van der Waals surface area contributed by atoms with Gasteiger partial charge in [0, 0.05) is 19.1 Å². The van der Waals surface area contributed by atoms with E-state index in [1.54, 1.807) is 0 Å². The van der Waals surface area contributed by atoms with Gasteiger partial charge in [-0.15, -0.1) is 11.6 Å². The standard InChI is InChI=1S/C7H15ClO/c1-2-9-7-5-3-4-6-8/h2-7H2,1H3. The fraction of sp³-hybridized carbons (Fsp3) is 1.00. The monoisotopic (exact) mass is 150 g/mol. The molecule has 0 atom stereocenters. The van der Waals surface area contributed by atoms with Crippen molar-refractivity contribution in [1.82, 2.24) is 0 Å². The Bertz CT molecular complexity index is 42.2. The van der Waals surface area contributed by atoms with Crippen LogP contribution in [-0.2, 0) is 4.74 Å². The summed E-state index contributed by atoms with van der Waals surface area (Å²) in [6.07, 6.45) is 3.47. The summed E-state index contributed by atoms with van der Waals surface area (Å²) in [7, 11) is 0. The molecule has 0 aliphatic carbocycles. The van der Waals surface area contributed by atoms with Crippen molar-refractivity contribution in [3.63, 3.8) is 0 Å². The molecule has 0 bridgehead atoms. The molecular weight excluding hydrogens is 136 g/mol. The molecule has 0 rings (SSSR count). The van der Waals surface area contributed by atoms with Gasteiger partial charge in [-0.25, -0.2) is 0 Å². The van der Waals surface area contributed by atoms with Crippen LogP contribution in [0.5, 0.6) is 0 Å². The molecule has 0 heterocycles. The molecule has 0 aromatic carbocycles. The molecule has 0 spiro atoms. The summed E-state index contributed by atoms with van der Waals surface area (Å²) >= 11 is 5.47. The number of hydrogen-bond acceptors (Lipinski definition) is 1. The third kappa shape index (κ3) is 8.25. The minimum absolute atomic E-state index is 0.784. The van der Waals surface area contributed by atoms with E-state index in [1.165, 1.54) is 6.42 Å². The number of rotatable bonds is 6. The fourth-order valence-electron chi connectivity index (χ4n) is 0.620. The van der Waals surface area contributed by atoms with Crippen LogP contribution in [-0.4, -0.2) is 19.1 Å². The van der Waals surface area contributed by atoms with Crippen molar-refractivity contribution < 1.29 is 4.74 Å². The van der Waals surface area contributed by atoms with Gasteiger partial charge in [-0.2, -0.15) is 0 Å². The summed E-state index contributed by atoms with van der Waals surface area (Å²) < 4.78 is 5.14. The van der Waals surface area contributed by atoms with Crippen molar-refractivity contribution in [2.45, 2.75) is 26.2 Å². The van der Waals surface area contributed by atoms with Crippen molar-refractivity contribution in [2.24, 2.45) is 0 Å². The van der Waals surface area contributed by atoms with E-state index in [2.05, 4.69) is 0 Å². The molecule has 0 N–H and O–H groups in total. The first-order chi connectivity index (χ1) is 4.41. The average molecular weight is 151 g/mol. The maximum Gasteiger partial charge on any atom is 0.0465 e. The maximum atomic E-state index is 5.47. The van der Waals surface area contributed by atoms with Crippen molar-refractivity contribution in [1.29, 1.82) is 0 Å². The molecule has 0 unspecified atom stereocenters. The van der Waals surface area contributed by atoms with Crippen molar-refractivity contribution in [3.05, 3.63) is 0 Å². The van der Waals surface area contributed by atoms with E-state index in [1.807, 2.05) is 6.92 Å². The van der Waals surface area contributed by atoms with E-state index in [-0.39, 0.29) is 0 Å². The van der Waals surface area contributed by atoms with Crippen LogP contribution in [0.3, 0.4) is 0 Å². The lowest BCUT2D eigenvalue weighted by Crippen LogP contribution is -1.92. The van der Waals surface area contributed by atoms with Crippen LogP contribution in [0, 0.1) is 0 Å². The van der Waals surface area contributed by atoms with Gasteiger partial charge in [0.1, 0.15) is 0 Å². The van der Waals surface area contributed by atoms with Crippen LogP contribution in [0.2, 0.25) is 0 Å². The van der Waals surface area contributed by atoms with Crippen LogP contribution in [0.25, 0.3) is 0 Å². The molecule has 1 nitrogen and oxygen atoms in total. The van der Waals surface area contributed by atoms with E-state index in [4.69, 9.17) is 16.3 Å². The lowest BCUT2D eigenvalue weighted by molar-refractivity contribution is 0.143. The van der Waals surface area contributed by atoms with E-state index in [0.717, 1.165) is 31.9 Å². The van der Waals surface area contributed by atoms with E-state index in [0.29, 0.717) is 0 Å². The summed E-state index contributed by atoms with van der Waals surface area (Å²) in [5, 5.41) is 0. The summed E-state index contributed by atoms with van der Waals surface area (Å²) in [5.74, 6) is 0.784. The number of ether oxygens (including phenoxy) is 1. The normalized spacial score (nSPS) is 10.0. The molecule has 2 heteroatoms. The highest BCUT2D eigenvalue weighted by atomic mass is 35.5. The first kappa shape index (κ1) is 9.25. The fourth-order valence-corrected chi connectivity index (χ4v) is 0.809. The van der Waals surface area contributed by atoms with Crippen LogP contribution in [0.1, 0.15) is 26.2 Å². The minimum Gasteiger partial charge on any atom is -0.382 e. The quantitative estimate of drug-likeness (QED) is 0.418. The van der Waals surface area contributed by atoms with Gasteiger partial charge in [0.25, 0.3) is 0 Å². The van der Waals surface area contributed by atoms with Crippen LogP contribution in [0.4, 0.5) is 0 Å². The Morgan fingerprint density at radius 2 is 2.00 bits per heavy atom. The van der Waals surface area contributed by atoms with Crippen molar-refractivity contribution in [3.8, 4) is 0 Å². The highest BCUT2D eigenvalue weighted by molar-refractivity contribution is 6.17. The van der Waals surface area contributed by atoms with Gasteiger partial charge in [-0.05, 0) is 26.2 Å². The lowest BCUT2D eigenvalue weighted by atomic mass is 10.3. The van der Waals surface area contributed by atoms with Crippen LogP contribution < -0.4 is 0 Å². The Morgan fingerprint density at radius 1 is 1.22 bits per heavy atom. The Kier molecular flexibility index (Phi) is 8.48. The molecule has 0 aliphatic rings. The number of alkyl halides is 1. The van der Waals surface area contributed by atoms with Gasteiger partial charge in [-0.3, -0.25) is 0 Å². The minimum atomic E-state index is 0.784.